The Morgan fingerprint density at radius 1 is 0.967 bits per heavy atom. The van der Waals surface area contributed by atoms with Crippen LogP contribution in [0.5, 0.6) is 0 Å². The lowest BCUT2D eigenvalue weighted by Gasteiger charge is -2.05. The van der Waals surface area contributed by atoms with Crippen molar-refractivity contribution < 1.29 is 14.0 Å². The fourth-order valence-electron chi connectivity index (χ4n) is 2.85. The molecule has 2 N–H and O–H groups in total. The molecule has 2 aromatic heterocycles. The van der Waals surface area contributed by atoms with Crippen LogP contribution in [0.4, 0.5) is 10.8 Å². The second kappa shape index (κ2) is 8.75. The minimum atomic E-state index is -0.348. The molecular formula is C23H19N3O3S. The minimum Gasteiger partial charge on any atom is -0.459 e. The molecule has 2 heterocycles. The number of rotatable bonds is 6. The summed E-state index contributed by atoms with van der Waals surface area (Å²) >= 11 is 1.38. The summed E-state index contributed by atoms with van der Waals surface area (Å²) < 4.78 is 5.06. The SMILES string of the molecule is CCc1ccc(-c2csc(NC(=O)c3ccc(NC(=O)c4ccco4)cc3)n2)cc1. The van der Waals surface area contributed by atoms with E-state index in [-0.39, 0.29) is 17.6 Å². The van der Waals surface area contributed by atoms with Gasteiger partial charge in [-0.2, -0.15) is 0 Å². The fourth-order valence-corrected chi connectivity index (χ4v) is 3.56. The molecule has 0 unspecified atom stereocenters. The van der Waals surface area contributed by atoms with Crippen LogP contribution in [0, 0.1) is 0 Å². The molecule has 0 bridgehead atoms. The molecule has 2 amide bonds. The Labute approximate surface area is 177 Å². The van der Waals surface area contributed by atoms with E-state index in [0.29, 0.717) is 16.4 Å². The lowest BCUT2D eigenvalue weighted by Crippen LogP contribution is -2.13. The number of hydrogen-bond donors (Lipinski definition) is 2. The number of anilines is 2. The van der Waals surface area contributed by atoms with Gasteiger partial charge >= 0.3 is 0 Å². The minimum absolute atomic E-state index is 0.223. The van der Waals surface area contributed by atoms with Gasteiger partial charge in [0.15, 0.2) is 10.9 Å². The number of benzene rings is 2. The van der Waals surface area contributed by atoms with Crippen LogP contribution in [0.15, 0.2) is 76.7 Å². The first-order valence-corrected chi connectivity index (χ1v) is 10.3. The zero-order valence-electron chi connectivity index (χ0n) is 16.2. The number of furan rings is 1. The standard InChI is InChI=1S/C23H19N3O3S/c1-2-15-5-7-16(8-6-15)19-14-30-23(25-19)26-21(27)17-9-11-18(12-10-17)24-22(28)20-4-3-13-29-20/h3-14H,2H2,1H3,(H,24,28)(H,25,26,27). The van der Waals surface area contributed by atoms with Crippen LogP contribution in [0.25, 0.3) is 11.3 Å². The fraction of sp³-hybridized carbons (Fsp3) is 0.0870. The highest BCUT2D eigenvalue weighted by molar-refractivity contribution is 7.14. The molecule has 4 rings (SSSR count). The molecular weight excluding hydrogens is 398 g/mol. The third-order valence-electron chi connectivity index (χ3n) is 4.53. The Bertz CT molecular complexity index is 1150. The van der Waals surface area contributed by atoms with Crippen LogP contribution in [-0.4, -0.2) is 16.8 Å². The van der Waals surface area contributed by atoms with Gasteiger partial charge in [0.1, 0.15) is 0 Å². The van der Waals surface area contributed by atoms with Crippen molar-refractivity contribution in [2.24, 2.45) is 0 Å². The first-order chi connectivity index (χ1) is 14.6. The summed E-state index contributed by atoms with van der Waals surface area (Å²) in [6, 6.07) is 18.1. The van der Waals surface area contributed by atoms with E-state index in [9.17, 15) is 9.59 Å². The lowest BCUT2D eigenvalue weighted by atomic mass is 10.1. The second-order valence-corrected chi connectivity index (χ2v) is 7.41. The molecule has 7 heteroatoms. The van der Waals surface area contributed by atoms with Gasteiger partial charge in [0.25, 0.3) is 11.8 Å². The van der Waals surface area contributed by atoms with Crippen LogP contribution in [0.3, 0.4) is 0 Å². The van der Waals surface area contributed by atoms with Crippen molar-refractivity contribution in [3.8, 4) is 11.3 Å². The summed E-state index contributed by atoms with van der Waals surface area (Å²) in [6.45, 7) is 2.12. The highest BCUT2D eigenvalue weighted by Gasteiger charge is 2.12. The van der Waals surface area contributed by atoms with Crippen LogP contribution < -0.4 is 10.6 Å². The smallest absolute Gasteiger partial charge is 0.291 e. The maximum absolute atomic E-state index is 12.5. The van der Waals surface area contributed by atoms with Crippen molar-refractivity contribution in [3.05, 3.63) is 89.2 Å². The predicted molar refractivity (Wildman–Crippen MR) is 118 cm³/mol. The highest BCUT2D eigenvalue weighted by atomic mass is 32.1. The maximum atomic E-state index is 12.5. The molecule has 0 spiro atoms. The molecule has 0 atom stereocenters. The van der Waals surface area contributed by atoms with Crippen molar-refractivity contribution >= 4 is 34.0 Å². The van der Waals surface area contributed by atoms with E-state index in [0.717, 1.165) is 17.7 Å². The molecule has 2 aromatic carbocycles. The maximum Gasteiger partial charge on any atom is 0.291 e. The predicted octanol–water partition coefficient (Wildman–Crippen LogP) is 5.47. The van der Waals surface area contributed by atoms with Gasteiger partial charge in [0.2, 0.25) is 0 Å². The summed E-state index contributed by atoms with van der Waals surface area (Å²) in [5, 5.41) is 7.99. The lowest BCUT2D eigenvalue weighted by molar-refractivity contribution is 0.0995. The molecule has 0 fully saturated rings. The van der Waals surface area contributed by atoms with Crippen molar-refractivity contribution in [1.82, 2.24) is 4.98 Å². The summed E-state index contributed by atoms with van der Waals surface area (Å²) in [5.74, 6) is -0.388. The zero-order chi connectivity index (χ0) is 20.9. The number of aromatic nitrogens is 1. The number of aryl methyl sites for hydroxylation is 1. The van der Waals surface area contributed by atoms with E-state index in [1.54, 1.807) is 36.4 Å². The van der Waals surface area contributed by atoms with Gasteiger partial charge < -0.3 is 9.73 Å². The second-order valence-electron chi connectivity index (χ2n) is 6.55. The molecule has 0 radical (unpaired) electrons. The molecule has 0 aliphatic carbocycles. The summed E-state index contributed by atoms with van der Waals surface area (Å²) in [4.78, 5) is 29.0. The van der Waals surface area contributed by atoms with Gasteiger partial charge in [0.05, 0.1) is 12.0 Å². The highest BCUT2D eigenvalue weighted by Crippen LogP contribution is 2.25. The third kappa shape index (κ3) is 4.47. The molecule has 4 aromatic rings. The van der Waals surface area contributed by atoms with Gasteiger partial charge in [-0.1, -0.05) is 31.2 Å². The summed E-state index contributed by atoms with van der Waals surface area (Å²) in [7, 11) is 0. The first kappa shape index (κ1) is 19.6. The molecule has 0 saturated heterocycles. The van der Waals surface area contributed by atoms with Crippen molar-refractivity contribution in [2.45, 2.75) is 13.3 Å². The monoisotopic (exact) mass is 417 g/mol. The van der Waals surface area contributed by atoms with Crippen LogP contribution in [0.2, 0.25) is 0 Å². The average molecular weight is 417 g/mol. The van der Waals surface area contributed by atoms with Gasteiger partial charge in [-0.05, 0) is 48.4 Å². The zero-order valence-corrected chi connectivity index (χ0v) is 17.0. The van der Waals surface area contributed by atoms with E-state index in [4.69, 9.17) is 4.42 Å². The molecule has 6 nitrogen and oxygen atoms in total. The van der Waals surface area contributed by atoms with Crippen LogP contribution in [-0.2, 0) is 6.42 Å². The van der Waals surface area contributed by atoms with Gasteiger partial charge in [-0.15, -0.1) is 11.3 Å². The van der Waals surface area contributed by atoms with Crippen molar-refractivity contribution in [3.63, 3.8) is 0 Å². The molecule has 0 saturated carbocycles. The Hall–Kier alpha value is -3.71. The number of hydrogen-bond acceptors (Lipinski definition) is 5. The Morgan fingerprint density at radius 3 is 2.40 bits per heavy atom. The quantitative estimate of drug-likeness (QED) is 0.436. The normalized spacial score (nSPS) is 10.6. The number of carbonyl (C=O) groups excluding carboxylic acids is 2. The topological polar surface area (TPSA) is 84.2 Å². The van der Waals surface area contributed by atoms with E-state index in [1.165, 1.54) is 23.2 Å². The summed E-state index contributed by atoms with van der Waals surface area (Å²) in [6.07, 6.45) is 2.43. The molecule has 30 heavy (non-hydrogen) atoms. The largest absolute Gasteiger partial charge is 0.459 e. The van der Waals surface area contributed by atoms with E-state index in [2.05, 4.69) is 34.7 Å². The van der Waals surface area contributed by atoms with Crippen molar-refractivity contribution in [1.29, 1.82) is 0 Å². The Morgan fingerprint density at radius 2 is 1.73 bits per heavy atom. The van der Waals surface area contributed by atoms with Crippen LogP contribution >= 0.6 is 11.3 Å². The van der Waals surface area contributed by atoms with Gasteiger partial charge in [-0.3, -0.25) is 14.9 Å². The molecule has 0 aliphatic heterocycles. The van der Waals surface area contributed by atoms with Crippen LogP contribution in [0.1, 0.15) is 33.4 Å². The van der Waals surface area contributed by atoms with Gasteiger partial charge in [-0.25, -0.2) is 4.98 Å². The molecule has 150 valence electrons. The number of nitrogens with one attached hydrogen (secondary N) is 2. The Kier molecular flexibility index (Phi) is 5.72. The van der Waals surface area contributed by atoms with Gasteiger partial charge in [0, 0.05) is 22.2 Å². The van der Waals surface area contributed by atoms with E-state index in [1.807, 2.05) is 17.5 Å². The number of amides is 2. The summed E-state index contributed by atoms with van der Waals surface area (Å²) in [5.41, 5.74) is 4.15. The van der Waals surface area contributed by atoms with Crippen molar-refractivity contribution in [2.75, 3.05) is 10.6 Å². The van der Waals surface area contributed by atoms with E-state index < -0.39 is 0 Å². The first-order valence-electron chi connectivity index (χ1n) is 9.43. The number of thiazole rings is 1. The van der Waals surface area contributed by atoms with E-state index >= 15 is 0 Å². The number of nitrogens with zero attached hydrogens (tertiary/aromatic N) is 1. The average Bonchev–Trinajstić information content (AvgIpc) is 3.47. The molecule has 0 aliphatic rings. The number of carbonyl (C=O) groups is 2. The third-order valence-corrected chi connectivity index (χ3v) is 5.29. The Balaban J connectivity index is 1.39.